The fraction of sp³-hybridized carbons (Fsp3) is 0.500. The number of hydrogen-bond acceptors (Lipinski definition) is 5. The summed E-state index contributed by atoms with van der Waals surface area (Å²) in [4.78, 5) is 11.9. The number of para-hydroxylation sites is 1. The van der Waals surface area contributed by atoms with E-state index < -0.39 is 0 Å². The molecule has 0 saturated carbocycles. The lowest BCUT2D eigenvalue weighted by Crippen LogP contribution is -2.52. The van der Waals surface area contributed by atoms with Crippen LogP contribution in [0.4, 0.5) is 5.82 Å². The van der Waals surface area contributed by atoms with Gasteiger partial charge in [-0.05, 0) is 37.8 Å². The van der Waals surface area contributed by atoms with Crippen LogP contribution >= 0.6 is 0 Å². The number of aryl methyl sites for hydroxylation is 1. The minimum Gasteiger partial charge on any atom is -0.487 e. The summed E-state index contributed by atoms with van der Waals surface area (Å²) >= 11 is 0. The standard InChI is InChI=1S/C20H23N3O2/c1-14-21-17-13-24-18-5-3-2-4-15(18)12-16(17)19(22-14)23-9-6-20(7-10-23)8-11-25-20/h2-5H,6-13H2,1H3. The van der Waals surface area contributed by atoms with Crippen molar-refractivity contribution in [2.24, 2.45) is 0 Å². The molecule has 5 nitrogen and oxygen atoms in total. The van der Waals surface area contributed by atoms with E-state index in [2.05, 4.69) is 22.0 Å². The Kier molecular flexibility index (Phi) is 3.45. The van der Waals surface area contributed by atoms with Gasteiger partial charge < -0.3 is 14.4 Å². The van der Waals surface area contributed by atoms with Gasteiger partial charge in [-0.3, -0.25) is 0 Å². The maximum atomic E-state index is 6.00. The Bertz CT molecular complexity index is 807. The first kappa shape index (κ1) is 15.1. The number of aromatic nitrogens is 2. The Hall–Kier alpha value is -2.14. The highest BCUT2D eigenvalue weighted by Gasteiger charge is 2.41. The Morgan fingerprint density at radius 3 is 2.64 bits per heavy atom. The van der Waals surface area contributed by atoms with Crippen LogP contribution in [0.15, 0.2) is 24.3 Å². The lowest BCUT2D eigenvalue weighted by Gasteiger charge is -2.48. The van der Waals surface area contributed by atoms with Gasteiger partial charge in [0.05, 0.1) is 17.9 Å². The summed E-state index contributed by atoms with van der Waals surface area (Å²) in [5.41, 5.74) is 3.62. The van der Waals surface area contributed by atoms with Gasteiger partial charge in [0, 0.05) is 25.1 Å². The molecular weight excluding hydrogens is 314 g/mol. The molecule has 1 aromatic carbocycles. The predicted molar refractivity (Wildman–Crippen MR) is 95.1 cm³/mol. The molecule has 0 atom stereocenters. The number of anilines is 1. The predicted octanol–water partition coefficient (Wildman–Crippen LogP) is 3.03. The minimum atomic E-state index is 0.158. The first-order valence-corrected chi connectivity index (χ1v) is 9.18. The van der Waals surface area contributed by atoms with E-state index in [0.717, 1.165) is 62.0 Å². The molecule has 2 aromatic rings. The first-order chi connectivity index (χ1) is 12.2. The smallest absolute Gasteiger partial charge is 0.136 e. The van der Waals surface area contributed by atoms with Gasteiger partial charge >= 0.3 is 0 Å². The van der Waals surface area contributed by atoms with E-state index in [4.69, 9.17) is 14.5 Å². The van der Waals surface area contributed by atoms with Gasteiger partial charge in [-0.1, -0.05) is 18.2 Å². The van der Waals surface area contributed by atoms with Crippen LogP contribution in [-0.2, 0) is 17.8 Å². The molecule has 4 heterocycles. The molecule has 0 aliphatic carbocycles. The van der Waals surface area contributed by atoms with Gasteiger partial charge in [0.2, 0.25) is 0 Å². The second-order valence-corrected chi connectivity index (χ2v) is 7.36. The van der Waals surface area contributed by atoms with E-state index in [9.17, 15) is 0 Å². The SMILES string of the molecule is Cc1nc2c(c(N3CCC4(CCO4)CC3)n1)Cc1ccccc1OC2. The first-order valence-electron chi connectivity index (χ1n) is 9.18. The number of hydrogen-bond donors (Lipinski definition) is 0. The summed E-state index contributed by atoms with van der Waals surface area (Å²) < 4.78 is 11.9. The lowest BCUT2D eigenvalue weighted by molar-refractivity contribution is -0.158. The zero-order valence-corrected chi connectivity index (χ0v) is 14.6. The number of nitrogens with zero attached hydrogens (tertiary/aromatic N) is 3. The molecule has 2 saturated heterocycles. The number of fused-ring (bicyclic) bond motifs is 2. The average molecular weight is 337 g/mol. The summed E-state index contributed by atoms with van der Waals surface area (Å²) in [6.45, 7) is 5.43. The van der Waals surface area contributed by atoms with Gasteiger partial charge in [-0.2, -0.15) is 0 Å². The van der Waals surface area contributed by atoms with Crippen molar-refractivity contribution in [1.82, 2.24) is 9.97 Å². The fourth-order valence-electron chi connectivity index (χ4n) is 4.24. The van der Waals surface area contributed by atoms with E-state index in [1.807, 2.05) is 19.1 Å². The topological polar surface area (TPSA) is 47.5 Å². The van der Waals surface area contributed by atoms with Gasteiger partial charge in [0.15, 0.2) is 0 Å². The summed E-state index contributed by atoms with van der Waals surface area (Å²) in [6.07, 6.45) is 4.23. The van der Waals surface area contributed by atoms with Crippen LogP contribution in [-0.4, -0.2) is 35.3 Å². The fourth-order valence-corrected chi connectivity index (χ4v) is 4.24. The molecule has 130 valence electrons. The van der Waals surface area contributed by atoms with E-state index in [-0.39, 0.29) is 5.60 Å². The van der Waals surface area contributed by atoms with Crippen LogP contribution in [0.25, 0.3) is 0 Å². The molecule has 0 radical (unpaired) electrons. The Balaban J connectivity index is 1.50. The molecule has 2 fully saturated rings. The van der Waals surface area contributed by atoms with Crippen molar-refractivity contribution >= 4 is 5.82 Å². The molecule has 3 aliphatic rings. The maximum Gasteiger partial charge on any atom is 0.136 e. The van der Waals surface area contributed by atoms with Crippen LogP contribution < -0.4 is 9.64 Å². The van der Waals surface area contributed by atoms with Crippen molar-refractivity contribution in [3.63, 3.8) is 0 Å². The summed E-state index contributed by atoms with van der Waals surface area (Å²) in [5, 5.41) is 0. The van der Waals surface area contributed by atoms with Gasteiger partial charge in [0.1, 0.15) is 24.0 Å². The molecule has 5 heteroatoms. The number of ether oxygens (including phenoxy) is 2. The molecule has 0 unspecified atom stereocenters. The van der Waals surface area contributed by atoms with Crippen LogP contribution in [0.3, 0.4) is 0 Å². The van der Waals surface area contributed by atoms with Crippen LogP contribution in [0.1, 0.15) is 41.9 Å². The summed E-state index contributed by atoms with van der Waals surface area (Å²) in [6, 6.07) is 8.27. The third kappa shape index (κ3) is 2.58. The number of benzene rings is 1. The summed E-state index contributed by atoms with van der Waals surface area (Å²) in [7, 11) is 0. The second-order valence-electron chi connectivity index (χ2n) is 7.36. The van der Waals surface area contributed by atoms with Crippen molar-refractivity contribution in [2.45, 2.75) is 44.8 Å². The van der Waals surface area contributed by atoms with Gasteiger partial charge in [0.25, 0.3) is 0 Å². The Morgan fingerprint density at radius 1 is 1.08 bits per heavy atom. The van der Waals surface area contributed by atoms with Gasteiger partial charge in [-0.15, -0.1) is 0 Å². The number of rotatable bonds is 1. The van der Waals surface area contributed by atoms with E-state index >= 15 is 0 Å². The zero-order valence-electron chi connectivity index (χ0n) is 14.6. The molecule has 5 rings (SSSR count). The highest BCUT2D eigenvalue weighted by atomic mass is 16.5. The number of piperidine rings is 1. The van der Waals surface area contributed by atoms with E-state index in [1.165, 1.54) is 17.5 Å². The molecule has 0 amide bonds. The Morgan fingerprint density at radius 2 is 1.88 bits per heavy atom. The highest BCUT2D eigenvalue weighted by Crippen LogP contribution is 2.39. The van der Waals surface area contributed by atoms with Crippen molar-refractivity contribution in [2.75, 3.05) is 24.6 Å². The Labute approximate surface area is 148 Å². The van der Waals surface area contributed by atoms with Crippen LogP contribution in [0.2, 0.25) is 0 Å². The normalized spacial score (nSPS) is 20.9. The van der Waals surface area contributed by atoms with Crippen molar-refractivity contribution < 1.29 is 9.47 Å². The maximum absolute atomic E-state index is 6.00. The molecule has 0 N–H and O–H groups in total. The van der Waals surface area contributed by atoms with Crippen LogP contribution in [0.5, 0.6) is 5.75 Å². The molecule has 1 spiro atoms. The molecule has 1 aromatic heterocycles. The largest absolute Gasteiger partial charge is 0.487 e. The van der Waals surface area contributed by atoms with E-state index in [0.29, 0.717) is 6.61 Å². The third-order valence-electron chi connectivity index (χ3n) is 5.83. The average Bonchev–Trinajstić information content (AvgIpc) is 2.79. The van der Waals surface area contributed by atoms with Crippen LogP contribution in [0, 0.1) is 6.92 Å². The van der Waals surface area contributed by atoms with E-state index in [1.54, 1.807) is 0 Å². The quantitative estimate of drug-likeness (QED) is 0.800. The molecular formula is C20H23N3O2. The van der Waals surface area contributed by atoms with Gasteiger partial charge in [-0.25, -0.2) is 9.97 Å². The molecule has 25 heavy (non-hydrogen) atoms. The molecule has 0 bridgehead atoms. The molecule has 3 aliphatic heterocycles. The third-order valence-corrected chi connectivity index (χ3v) is 5.83. The van der Waals surface area contributed by atoms with Crippen molar-refractivity contribution in [3.8, 4) is 5.75 Å². The highest BCUT2D eigenvalue weighted by molar-refractivity contribution is 5.54. The zero-order chi connectivity index (χ0) is 16.9. The second kappa shape index (κ2) is 5.70. The minimum absolute atomic E-state index is 0.158. The monoisotopic (exact) mass is 337 g/mol. The van der Waals surface area contributed by atoms with Crippen molar-refractivity contribution in [1.29, 1.82) is 0 Å². The summed E-state index contributed by atoms with van der Waals surface area (Å²) in [5.74, 6) is 2.88. The van der Waals surface area contributed by atoms with Crippen molar-refractivity contribution in [3.05, 3.63) is 46.9 Å². The lowest BCUT2D eigenvalue weighted by atomic mass is 9.84.